The standard InChI is InChI=1S/C22H25N3O3/c1-15(26)22-9-8-18(11-23-14-22)25(22)12-16-4-6-17(7-5-16)20-13-27-19-3-2-10-24-21(19)28-20/h2-7,10,18,20,23H,8-9,11-14H2,1H3/t18?,20-,22?/m1/s1. The average Bonchev–Trinajstić information content (AvgIpc) is 2.92. The molecule has 28 heavy (non-hydrogen) atoms. The number of ketones is 1. The molecule has 0 aliphatic carbocycles. The highest BCUT2D eigenvalue weighted by molar-refractivity contribution is 5.87. The fraction of sp³-hybridized carbons (Fsp3) is 0.455. The monoisotopic (exact) mass is 379 g/mol. The summed E-state index contributed by atoms with van der Waals surface area (Å²) in [4.78, 5) is 19.1. The molecule has 0 spiro atoms. The molecule has 1 aromatic carbocycles. The molecule has 2 saturated heterocycles. The van der Waals surface area contributed by atoms with Gasteiger partial charge in [-0.25, -0.2) is 4.98 Å². The van der Waals surface area contributed by atoms with Gasteiger partial charge in [0.2, 0.25) is 0 Å². The van der Waals surface area contributed by atoms with Gasteiger partial charge < -0.3 is 14.8 Å². The van der Waals surface area contributed by atoms with Crippen LogP contribution < -0.4 is 14.8 Å². The largest absolute Gasteiger partial charge is 0.484 e. The van der Waals surface area contributed by atoms with Crippen molar-refractivity contribution in [1.82, 2.24) is 15.2 Å². The number of rotatable bonds is 4. The molecule has 1 aromatic heterocycles. The van der Waals surface area contributed by atoms with Gasteiger partial charge in [0.15, 0.2) is 17.6 Å². The highest BCUT2D eigenvalue weighted by atomic mass is 16.6. The third-order valence-corrected chi connectivity index (χ3v) is 6.42. The lowest BCUT2D eigenvalue weighted by atomic mass is 9.90. The van der Waals surface area contributed by atoms with E-state index in [1.54, 1.807) is 13.1 Å². The molecule has 2 fully saturated rings. The zero-order valence-corrected chi connectivity index (χ0v) is 16.1. The highest BCUT2D eigenvalue weighted by Crippen LogP contribution is 2.38. The summed E-state index contributed by atoms with van der Waals surface area (Å²) < 4.78 is 11.8. The molecule has 3 atom stereocenters. The lowest BCUT2D eigenvalue weighted by Gasteiger charge is -2.43. The zero-order chi connectivity index (χ0) is 19.1. The van der Waals surface area contributed by atoms with E-state index in [0.717, 1.165) is 38.0 Å². The van der Waals surface area contributed by atoms with Crippen LogP contribution in [0.3, 0.4) is 0 Å². The first-order chi connectivity index (χ1) is 13.7. The van der Waals surface area contributed by atoms with E-state index >= 15 is 0 Å². The Hall–Kier alpha value is -2.44. The van der Waals surface area contributed by atoms with Crippen LogP contribution in [-0.4, -0.2) is 46.9 Å². The SMILES string of the molecule is CC(=O)C12CCC(CNC1)N2Cc1ccc([C@H]2COc3cccnc3O2)cc1. The van der Waals surface area contributed by atoms with Crippen LogP contribution in [0.5, 0.6) is 11.6 Å². The highest BCUT2D eigenvalue weighted by Gasteiger charge is 2.51. The summed E-state index contributed by atoms with van der Waals surface area (Å²) in [6.45, 7) is 4.74. The van der Waals surface area contributed by atoms with Gasteiger partial charge >= 0.3 is 0 Å². The summed E-state index contributed by atoms with van der Waals surface area (Å²) in [5, 5.41) is 3.45. The molecule has 6 heteroatoms. The third-order valence-electron chi connectivity index (χ3n) is 6.42. The number of piperazine rings is 1. The molecule has 3 aliphatic heterocycles. The van der Waals surface area contributed by atoms with Gasteiger partial charge in [-0.05, 0) is 43.0 Å². The Kier molecular flexibility index (Phi) is 4.33. The van der Waals surface area contributed by atoms with Crippen molar-refractivity contribution in [2.75, 3.05) is 19.7 Å². The number of carbonyl (C=O) groups is 1. The van der Waals surface area contributed by atoms with Crippen LogP contribution in [0.25, 0.3) is 0 Å². The number of nitrogens with zero attached hydrogens (tertiary/aromatic N) is 2. The van der Waals surface area contributed by atoms with E-state index in [2.05, 4.69) is 39.5 Å². The van der Waals surface area contributed by atoms with Gasteiger partial charge in [-0.2, -0.15) is 0 Å². The number of carbonyl (C=O) groups excluding carboxylic acids is 1. The summed E-state index contributed by atoms with van der Waals surface area (Å²) in [6.07, 6.45) is 3.60. The smallest absolute Gasteiger partial charge is 0.257 e. The maximum absolute atomic E-state index is 12.4. The summed E-state index contributed by atoms with van der Waals surface area (Å²) in [6, 6.07) is 12.6. The van der Waals surface area contributed by atoms with E-state index in [-0.39, 0.29) is 17.4 Å². The predicted molar refractivity (Wildman–Crippen MR) is 104 cm³/mol. The van der Waals surface area contributed by atoms with Gasteiger partial charge in [-0.15, -0.1) is 0 Å². The Bertz CT molecular complexity index is 881. The molecule has 146 valence electrons. The van der Waals surface area contributed by atoms with Crippen molar-refractivity contribution >= 4 is 5.78 Å². The fourth-order valence-electron chi connectivity index (χ4n) is 4.79. The van der Waals surface area contributed by atoms with Gasteiger partial charge in [0.25, 0.3) is 5.88 Å². The van der Waals surface area contributed by atoms with Gasteiger partial charge in [0, 0.05) is 31.9 Å². The van der Waals surface area contributed by atoms with Crippen LogP contribution in [0.1, 0.15) is 37.0 Å². The van der Waals surface area contributed by atoms with Crippen LogP contribution in [0.15, 0.2) is 42.6 Å². The first kappa shape index (κ1) is 17.6. The molecule has 3 aliphatic rings. The van der Waals surface area contributed by atoms with Gasteiger partial charge in [-0.3, -0.25) is 9.69 Å². The number of nitrogens with one attached hydrogen (secondary N) is 1. The number of Topliss-reactive ketones (excluding diaryl/α,β-unsaturated/α-hetero) is 1. The van der Waals surface area contributed by atoms with Crippen molar-refractivity contribution < 1.29 is 14.3 Å². The summed E-state index contributed by atoms with van der Waals surface area (Å²) in [7, 11) is 0. The average molecular weight is 379 g/mol. The predicted octanol–water partition coefficient (Wildman–Crippen LogP) is 2.49. The lowest BCUT2D eigenvalue weighted by Crippen LogP contribution is -2.63. The topological polar surface area (TPSA) is 63.7 Å². The third kappa shape index (κ3) is 2.88. The van der Waals surface area contributed by atoms with Crippen molar-refractivity contribution in [1.29, 1.82) is 0 Å². The molecule has 2 aromatic rings. The number of fused-ring (bicyclic) bond motifs is 3. The normalized spacial score (nSPS) is 28.9. The molecule has 1 N–H and O–H groups in total. The second kappa shape index (κ2) is 6.87. The molecular formula is C22H25N3O3. The van der Waals surface area contributed by atoms with E-state index in [0.29, 0.717) is 24.3 Å². The molecule has 0 amide bonds. The summed E-state index contributed by atoms with van der Waals surface area (Å²) >= 11 is 0. The first-order valence-electron chi connectivity index (χ1n) is 9.97. The van der Waals surface area contributed by atoms with E-state index in [9.17, 15) is 4.79 Å². The van der Waals surface area contributed by atoms with Crippen molar-refractivity contribution in [3.8, 4) is 11.6 Å². The molecule has 0 saturated carbocycles. The molecular weight excluding hydrogens is 354 g/mol. The van der Waals surface area contributed by atoms with Crippen LogP contribution in [0.4, 0.5) is 0 Å². The molecule has 2 bridgehead atoms. The second-order valence-electron chi connectivity index (χ2n) is 8.00. The number of ether oxygens (including phenoxy) is 2. The molecule has 0 radical (unpaired) electrons. The Morgan fingerprint density at radius 3 is 3.00 bits per heavy atom. The molecule has 6 nitrogen and oxygen atoms in total. The first-order valence-corrected chi connectivity index (χ1v) is 9.97. The number of aromatic nitrogens is 1. The zero-order valence-electron chi connectivity index (χ0n) is 16.1. The van der Waals surface area contributed by atoms with Crippen molar-refractivity contribution in [3.05, 3.63) is 53.7 Å². The Balaban J connectivity index is 1.32. The minimum Gasteiger partial charge on any atom is -0.484 e. The number of benzene rings is 1. The van der Waals surface area contributed by atoms with E-state index in [4.69, 9.17) is 9.47 Å². The second-order valence-corrected chi connectivity index (χ2v) is 8.00. The maximum atomic E-state index is 12.4. The van der Waals surface area contributed by atoms with Crippen molar-refractivity contribution in [2.24, 2.45) is 0 Å². The summed E-state index contributed by atoms with van der Waals surface area (Å²) in [5.41, 5.74) is 1.96. The summed E-state index contributed by atoms with van der Waals surface area (Å²) in [5.74, 6) is 1.51. The van der Waals surface area contributed by atoms with Crippen LogP contribution in [0.2, 0.25) is 0 Å². The van der Waals surface area contributed by atoms with E-state index < -0.39 is 0 Å². The number of pyridine rings is 1. The van der Waals surface area contributed by atoms with E-state index in [1.807, 2.05) is 12.1 Å². The van der Waals surface area contributed by atoms with Crippen LogP contribution in [0, 0.1) is 0 Å². The van der Waals surface area contributed by atoms with Crippen LogP contribution >= 0.6 is 0 Å². The Labute approximate surface area is 164 Å². The fourth-order valence-corrected chi connectivity index (χ4v) is 4.79. The molecule has 2 unspecified atom stereocenters. The van der Waals surface area contributed by atoms with Crippen LogP contribution in [-0.2, 0) is 11.3 Å². The van der Waals surface area contributed by atoms with Gasteiger partial charge in [0.1, 0.15) is 6.61 Å². The minimum atomic E-state index is -0.336. The van der Waals surface area contributed by atoms with Gasteiger partial charge in [-0.1, -0.05) is 24.3 Å². The molecule has 5 rings (SSSR count). The minimum absolute atomic E-state index is 0.157. The quantitative estimate of drug-likeness (QED) is 0.881. The van der Waals surface area contributed by atoms with Crippen molar-refractivity contribution in [2.45, 2.75) is 44.0 Å². The van der Waals surface area contributed by atoms with Crippen molar-refractivity contribution in [3.63, 3.8) is 0 Å². The lowest BCUT2D eigenvalue weighted by molar-refractivity contribution is -0.129. The number of hydrogen-bond donors (Lipinski definition) is 1. The van der Waals surface area contributed by atoms with Gasteiger partial charge in [0.05, 0.1) is 5.54 Å². The Morgan fingerprint density at radius 1 is 1.32 bits per heavy atom. The Morgan fingerprint density at radius 2 is 2.18 bits per heavy atom. The maximum Gasteiger partial charge on any atom is 0.257 e. The number of hydrogen-bond acceptors (Lipinski definition) is 6. The molecule has 4 heterocycles. The van der Waals surface area contributed by atoms with E-state index in [1.165, 1.54) is 5.56 Å².